The first kappa shape index (κ1) is 24.1. The van der Waals surface area contributed by atoms with Crippen LogP contribution in [0.3, 0.4) is 0 Å². The zero-order valence-corrected chi connectivity index (χ0v) is 18.3. The van der Waals surface area contributed by atoms with Crippen molar-refractivity contribution in [3.05, 3.63) is 40.9 Å². The van der Waals surface area contributed by atoms with Crippen LogP contribution in [-0.4, -0.2) is 60.4 Å². The maximum Gasteiger partial charge on any atom is 0.233 e. The molecular formula is C20H30ClN5O4. The molecule has 0 saturated heterocycles. The number of nitrogens with two attached hydrogens (primary N) is 1. The molecule has 1 atom stereocenters. The average Bonchev–Trinajstić information content (AvgIpc) is 2.74. The van der Waals surface area contributed by atoms with E-state index in [4.69, 9.17) is 31.7 Å². The number of hydrogen-bond donors (Lipinski definition) is 4. The Balaban J connectivity index is 1.74. The van der Waals surface area contributed by atoms with Crippen molar-refractivity contribution >= 4 is 17.4 Å². The van der Waals surface area contributed by atoms with E-state index in [9.17, 15) is 5.11 Å². The van der Waals surface area contributed by atoms with Gasteiger partial charge in [0, 0.05) is 25.3 Å². The molecule has 0 aliphatic rings. The molecule has 9 nitrogen and oxygen atoms in total. The molecule has 0 spiro atoms. The summed E-state index contributed by atoms with van der Waals surface area (Å²) < 4.78 is 16.4. The zero-order chi connectivity index (χ0) is 22.0. The Morgan fingerprint density at radius 1 is 1.20 bits per heavy atom. The van der Waals surface area contributed by atoms with E-state index in [0.717, 1.165) is 12.0 Å². The fourth-order valence-corrected chi connectivity index (χ4v) is 2.71. The molecule has 0 amide bonds. The smallest absolute Gasteiger partial charge is 0.233 e. The third kappa shape index (κ3) is 8.29. The summed E-state index contributed by atoms with van der Waals surface area (Å²) in [5.74, 6) is 6.63. The topological polar surface area (TPSA) is 124 Å². The quantitative estimate of drug-likeness (QED) is 0.273. The van der Waals surface area contributed by atoms with E-state index in [1.165, 1.54) is 0 Å². The molecule has 0 saturated carbocycles. The summed E-state index contributed by atoms with van der Waals surface area (Å²) in [5, 5.41) is 21.8. The van der Waals surface area contributed by atoms with Gasteiger partial charge in [-0.2, -0.15) is 0 Å². The van der Waals surface area contributed by atoms with Crippen molar-refractivity contribution in [2.45, 2.75) is 31.9 Å². The number of halogens is 1. The Hall–Kier alpha value is -2.17. The number of nitrogens with zero attached hydrogens (tertiary/aromatic N) is 2. The average molecular weight is 440 g/mol. The van der Waals surface area contributed by atoms with Crippen molar-refractivity contribution in [3.63, 3.8) is 0 Å². The number of aliphatic hydroxyl groups excluding tert-OH is 1. The van der Waals surface area contributed by atoms with E-state index >= 15 is 0 Å². The van der Waals surface area contributed by atoms with Gasteiger partial charge in [0.25, 0.3) is 0 Å². The fourth-order valence-electron chi connectivity index (χ4n) is 2.46. The Bertz CT molecular complexity index is 776. The molecule has 2 rings (SSSR count). The number of nitrogens with one attached hydrogen (secondary N) is 2. The minimum Gasteiger partial charge on any atom is -0.489 e. The highest BCUT2D eigenvalue weighted by molar-refractivity contribution is 6.32. The number of methoxy groups -OCH3 is 1. The Labute approximate surface area is 181 Å². The molecular weight excluding hydrogens is 410 g/mol. The Morgan fingerprint density at radius 3 is 2.63 bits per heavy atom. The van der Waals surface area contributed by atoms with Gasteiger partial charge >= 0.3 is 0 Å². The number of benzene rings is 1. The van der Waals surface area contributed by atoms with E-state index < -0.39 is 11.6 Å². The van der Waals surface area contributed by atoms with Crippen molar-refractivity contribution in [2.24, 2.45) is 5.84 Å². The van der Waals surface area contributed by atoms with Crippen LogP contribution in [0.25, 0.3) is 0 Å². The van der Waals surface area contributed by atoms with E-state index in [2.05, 4.69) is 20.9 Å². The summed E-state index contributed by atoms with van der Waals surface area (Å²) in [4.78, 5) is 0. The largest absolute Gasteiger partial charge is 0.489 e. The number of rotatable bonds is 13. The Morgan fingerprint density at radius 2 is 2.00 bits per heavy atom. The fraction of sp³-hybridized carbons (Fsp3) is 0.500. The second kappa shape index (κ2) is 11.9. The van der Waals surface area contributed by atoms with Crippen molar-refractivity contribution in [1.82, 2.24) is 15.5 Å². The van der Waals surface area contributed by atoms with Gasteiger partial charge in [0.15, 0.2) is 5.82 Å². The van der Waals surface area contributed by atoms with Gasteiger partial charge in [-0.15, -0.1) is 10.2 Å². The third-order valence-corrected chi connectivity index (χ3v) is 4.50. The lowest BCUT2D eigenvalue weighted by Gasteiger charge is -2.27. The van der Waals surface area contributed by atoms with Crippen LogP contribution in [0, 0.1) is 0 Å². The van der Waals surface area contributed by atoms with Crippen LogP contribution < -0.4 is 26.1 Å². The molecule has 1 aromatic carbocycles. The van der Waals surface area contributed by atoms with Gasteiger partial charge in [0.05, 0.1) is 11.6 Å². The number of aromatic nitrogens is 2. The number of β-amino-alcohol motifs (C(OH)–C–C–N with tert-alkyl or cyclic N) is 1. The van der Waals surface area contributed by atoms with Crippen LogP contribution in [-0.2, 0) is 11.2 Å². The predicted octanol–water partition coefficient (Wildman–Crippen LogP) is 1.79. The molecule has 166 valence electrons. The van der Waals surface area contributed by atoms with Crippen molar-refractivity contribution in [2.75, 3.05) is 38.9 Å². The molecule has 0 aliphatic carbocycles. The summed E-state index contributed by atoms with van der Waals surface area (Å²) in [5.41, 5.74) is 3.06. The molecule has 5 N–H and O–H groups in total. The number of hydrogen-bond acceptors (Lipinski definition) is 9. The predicted molar refractivity (Wildman–Crippen MR) is 116 cm³/mol. The second-order valence-corrected chi connectivity index (χ2v) is 7.83. The number of nitrogen functional groups attached to an aromatic ring is 1. The van der Waals surface area contributed by atoms with E-state index in [1.54, 1.807) is 25.3 Å². The lowest BCUT2D eigenvalue weighted by atomic mass is 10.1. The highest BCUT2D eigenvalue weighted by Gasteiger charge is 2.20. The van der Waals surface area contributed by atoms with Crippen molar-refractivity contribution in [3.8, 4) is 11.6 Å². The molecule has 1 heterocycles. The number of ether oxygens (including phenoxy) is 3. The second-order valence-electron chi connectivity index (χ2n) is 7.43. The van der Waals surface area contributed by atoms with E-state index in [-0.39, 0.29) is 6.61 Å². The minimum atomic E-state index is -0.719. The van der Waals surface area contributed by atoms with Gasteiger partial charge in [-0.1, -0.05) is 17.7 Å². The van der Waals surface area contributed by atoms with Gasteiger partial charge in [-0.05, 0) is 44.0 Å². The number of aliphatic hydroxyl groups is 1. The first-order chi connectivity index (χ1) is 14.3. The summed E-state index contributed by atoms with van der Waals surface area (Å²) in [7, 11) is 1.66. The highest BCUT2D eigenvalue weighted by Crippen LogP contribution is 2.25. The SMILES string of the molecule is COCCc1ccc(OCC(O)CNC(C)(C)COc2ccc(NN)nn2)c(Cl)c1. The summed E-state index contributed by atoms with van der Waals surface area (Å²) in [6.07, 6.45) is 0.0584. The summed E-state index contributed by atoms with van der Waals surface area (Å²) >= 11 is 6.26. The maximum absolute atomic E-state index is 10.2. The third-order valence-electron chi connectivity index (χ3n) is 4.21. The van der Waals surface area contributed by atoms with Crippen molar-refractivity contribution < 1.29 is 19.3 Å². The van der Waals surface area contributed by atoms with Gasteiger partial charge in [0.2, 0.25) is 5.88 Å². The van der Waals surface area contributed by atoms with Crippen LogP contribution in [0.15, 0.2) is 30.3 Å². The highest BCUT2D eigenvalue weighted by atomic mass is 35.5. The first-order valence-electron chi connectivity index (χ1n) is 9.59. The monoisotopic (exact) mass is 439 g/mol. The summed E-state index contributed by atoms with van der Waals surface area (Å²) in [6.45, 7) is 5.31. The molecule has 10 heteroatoms. The molecule has 1 unspecified atom stereocenters. The molecule has 30 heavy (non-hydrogen) atoms. The lowest BCUT2D eigenvalue weighted by molar-refractivity contribution is 0.0923. The van der Waals surface area contributed by atoms with E-state index in [1.807, 2.05) is 26.0 Å². The molecule has 0 radical (unpaired) electrons. The molecule has 0 fully saturated rings. The van der Waals surface area contributed by atoms with Gasteiger partial charge in [-0.3, -0.25) is 0 Å². The maximum atomic E-state index is 10.2. The van der Waals surface area contributed by atoms with Crippen LogP contribution in [0.1, 0.15) is 19.4 Å². The Kier molecular flexibility index (Phi) is 9.54. The van der Waals surface area contributed by atoms with Crippen molar-refractivity contribution in [1.29, 1.82) is 0 Å². The van der Waals surface area contributed by atoms with Crippen LogP contribution >= 0.6 is 11.6 Å². The zero-order valence-electron chi connectivity index (χ0n) is 17.5. The lowest BCUT2D eigenvalue weighted by Crippen LogP contribution is -2.48. The molecule has 0 bridgehead atoms. The number of hydrazine groups is 1. The van der Waals surface area contributed by atoms with E-state index in [0.29, 0.717) is 42.2 Å². The van der Waals surface area contributed by atoms with Crippen LogP contribution in [0.2, 0.25) is 5.02 Å². The van der Waals surface area contributed by atoms with Crippen LogP contribution in [0.4, 0.5) is 5.82 Å². The molecule has 0 aliphatic heterocycles. The molecule has 1 aromatic heterocycles. The summed E-state index contributed by atoms with van der Waals surface area (Å²) in [6, 6.07) is 8.92. The standard InChI is InChI=1S/C20H30ClN5O4/c1-20(2,13-30-19-7-6-18(24-22)25-26-19)23-11-15(27)12-29-17-5-4-14(8-9-28-3)10-16(17)21/h4-7,10,15,23,27H,8-9,11-13,22H2,1-3H3,(H,24,25). The van der Waals surface area contributed by atoms with Gasteiger partial charge in [0.1, 0.15) is 25.1 Å². The van der Waals surface area contributed by atoms with Gasteiger partial charge in [-0.25, -0.2) is 5.84 Å². The number of anilines is 1. The van der Waals surface area contributed by atoms with Crippen LogP contribution in [0.5, 0.6) is 11.6 Å². The molecule has 2 aromatic rings. The normalized spacial score (nSPS) is 12.5. The minimum absolute atomic E-state index is 0.111. The van der Waals surface area contributed by atoms with Gasteiger partial charge < -0.3 is 30.1 Å². The first-order valence-corrected chi connectivity index (χ1v) is 9.97.